The molecule has 0 aliphatic heterocycles. The minimum atomic E-state index is -0.589. The van der Waals surface area contributed by atoms with E-state index in [1.54, 1.807) is 18.2 Å². The van der Waals surface area contributed by atoms with E-state index in [0.29, 0.717) is 0 Å². The first kappa shape index (κ1) is 12.7. The van der Waals surface area contributed by atoms with Gasteiger partial charge < -0.3 is 4.74 Å². The van der Waals surface area contributed by atoms with Crippen molar-refractivity contribution in [3.05, 3.63) is 64.0 Å². The molecule has 0 spiro atoms. The Labute approximate surface area is 108 Å². The summed E-state index contributed by atoms with van der Waals surface area (Å²) in [5.41, 5.74) is 0.192. The van der Waals surface area contributed by atoms with E-state index in [0.717, 1.165) is 0 Å². The monoisotopic (exact) mass is 258 g/mol. The van der Waals surface area contributed by atoms with Crippen LogP contribution in [-0.2, 0) is 0 Å². The van der Waals surface area contributed by atoms with E-state index in [4.69, 9.17) is 4.74 Å². The Balaban J connectivity index is 2.44. The lowest BCUT2D eigenvalue weighted by Gasteiger charge is -2.04. The number of ether oxygens (including phenoxy) is 1. The molecule has 0 aliphatic carbocycles. The van der Waals surface area contributed by atoms with Crippen LogP contribution in [0, 0.1) is 10.1 Å². The number of nitro benzene ring substituents is 1. The van der Waals surface area contributed by atoms with Crippen LogP contribution in [0.4, 0.5) is 5.69 Å². The highest BCUT2D eigenvalue weighted by molar-refractivity contribution is 6.08. The standard InChI is InChI=1S/C13H10N2O4/c1-19-12-6-5-9(8-11(12)15(17)18)13(16)10-4-2-3-7-14-10/h2-8H,1H3. The smallest absolute Gasteiger partial charge is 0.311 e. The Hall–Kier alpha value is -2.76. The van der Waals surface area contributed by atoms with Gasteiger partial charge in [0.25, 0.3) is 0 Å². The van der Waals surface area contributed by atoms with Gasteiger partial charge in [0.05, 0.1) is 12.0 Å². The largest absolute Gasteiger partial charge is 0.490 e. The topological polar surface area (TPSA) is 82.3 Å². The van der Waals surface area contributed by atoms with Crippen LogP contribution in [0.5, 0.6) is 5.75 Å². The quantitative estimate of drug-likeness (QED) is 0.477. The summed E-state index contributed by atoms with van der Waals surface area (Å²) in [6, 6.07) is 8.98. The Morgan fingerprint density at radius 2 is 2.11 bits per heavy atom. The normalized spacial score (nSPS) is 9.95. The van der Waals surface area contributed by atoms with Gasteiger partial charge in [0.15, 0.2) is 5.75 Å². The molecule has 96 valence electrons. The molecule has 1 aromatic carbocycles. The summed E-state index contributed by atoms with van der Waals surface area (Å²) in [6.07, 6.45) is 1.49. The molecule has 0 fully saturated rings. The van der Waals surface area contributed by atoms with Crippen LogP contribution in [0.1, 0.15) is 16.1 Å². The average molecular weight is 258 g/mol. The van der Waals surface area contributed by atoms with E-state index in [9.17, 15) is 14.9 Å². The van der Waals surface area contributed by atoms with Gasteiger partial charge in [-0.3, -0.25) is 19.9 Å². The number of nitro groups is 1. The molecule has 0 saturated heterocycles. The molecular formula is C13H10N2O4. The Bertz CT molecular complexity index is 626. The third kappa shape index (κ3) is 2.57. The van der Waals surface area contributed by atoms with Crippen molar-refractivity contribution in [1.29, 1.82) is 0 Å². The number of methoxy groups -OCH3 is 1. The van der Waals surface area contributed by atoms with E-state index < -0.39 is 4.92 Å². The van der Waals surface area contributed by atoms with Crippen LogP contribution in [0.3, 0.4) is 0 Å². The zero-order valence-corrected chi connectivity index (χ0v) is 10.1. The van der Waals surface area contributed by atoms with Gasteiger partial charge in [-0.15, -0.1) is 0 Å². The molecule has 19 heavy (non-hydrogen) atoms. The van der Waals surface area contributed by atoms with Crippen molar-refractivity contribution in [2.24, 2.45) is 0 Å². The second-order valence-corrected chi connectivity index (χ2v) is 3.69. The predicted molar refractivity (Wildman–Crippen MR) is 67.3 cm³/mol. The molecule has 2 aromatic rings. The molecule has 0 N–H and O–H groups in total. The van der Waals surface area contributed by atoms with Crippen molar-refractivity contribution in [2.75, 3.05) is 7.11 Å². The first-order valence-corrected chi connectivity index (χ1v) is 5.41. The summed E-state index contributed by atoms with van der Waals surface area (Å²) in [7, 11) is 1.34. The highest BCUT2D eigenvalue weighted by Gasteiger charge is 2.19. The number of carbonyl (C=O) groups excluding carboxylic acids is 1. The summed E-state index contributed by atoms with van der Waals surface area (Å²) in [5, 5.41) is 10.9. The SMILES string of the molecule is COc1ccc(C(=O)c2ccccn2)cc1[N+](=O)[O-]. The first-order chi connectivity index (χ1) is 9.13. The number of carbonyl (C=O) groups is 1. The van der Waals surface area contributed by atoms with Crippen molar-refractivity contribution < 1.29 is 14.5 Å². The van der Waals surface area contributed by atoms with Crippen LogP contribution >= 0.6 is 0 Å². The van der Waals surface area contributed by atoms with Crippen LogP contribution < -0.4 is 4.74 Å². The van der Waals surface area contributed by atoms with Crippen LogP contribution in [0.2, 0.25) is 0 Å². The second kappa shape index (κ2) is 5.26. The Kier molecular flexibility index (Phi) is 3.51. The maximum atomic E-state index is 12.1. The molecule has 0 atom stereocenters. The second-order valence-electron chi connectivity index (χ2n) is 3.69. The number of rotatable bonds is 4. The summed E-state index contributed by atoms with van der Waals surface area (Å²) in [4.78, 5) is 26.3. The lowest BCUT2D eigenvalue weighted by atomic mass is 10.1. The van der Waals surface area contributed by atoms with Crippen molar-refractivity contribution in [1.82, 2.24) is 4.98 Å². The summed E-state index contributed by atoms with van der Waals surface area (Å²) in [5.74, 6) is -0.256. The van der Waals surface area contributed by atoms with Gasteiger partial charge in [-0.25, -0.2) is 0 Å². The molecule has 1 aromatic heterocycles. The highest BCUT2D eigenvalue weighted by atomic mass is 16.6. The zero-order chi connectivity index (χ0) is 13.8. The first-order valence-electron chi connectivity index (χ1n) is 5.41. The molecule has 6 nitrogen and oxygen atoms in total. The van der Waals surface area contributed by atoms with Gasteiger partial charge in [0.1, 0.15) is 5.69 Å². The molecule has 0 aliphatic rings. The number of nitrogens with zero attached hydrogens (tertiary/aromatic N) is 2. The number of hydrogen-bond acceptors (Lipinski definition) is 5. The number of aromatic nitrogens is 1. The summed E-state index contributed by atoms with van der Waals surface area (Å²) >= 11 is 0. The third-order valence-corrected chi connectivity index (χ3v) is 2.54. The molecule has 2 rings (SSSR count). The van der Waals surface area contributed by atoms with Gasteiger partial charge >= 0.3 is 5.69 Å². The average Bonchev–Trinajstić information content (AvgIpc) is 2.46. The number of hydrogen-bond donors (Lipinski definition) is 0. The van der Waals surface area contributed by atoms with Crippen LogP contribution in [0.25, 0.3) is 0 Å². The van der Waals surface area contributed by atoms with E-state index in [1.165, 1.54) is 31.5 Å². The molecule has 0 bridgehead atoms. The van der Waals surface area contributed by atoms with E-state index in [1.807, 2.05) is 0 Å². The van der Waals surface area contributed by atoms with Gasteiger partial charge in [0, 0.05) is 17.8 Å². The van der Waals surface area contributed by atoms with Gasteiger partial charge in [-0.05, 0) is 24.3 Å². The van der Waals surface area contributed by atoms with Crippen LogP contribution in [0.15, 0.2) is 42.6 Å². The maximum absolute atomic E-state index is 12.1. The number of pyridine rings is 1. The van der Waals surface area contributed by atoms with Crippen molar-refractivity contribution >= 4 is 11.5 Å². The minimum absolute atomic E-state index is 0.113. The van der Waals surface area contributed by atoms with E-state index in [-0.39, 0.29) is 28.5 Å². The van der Waals surface area contributed by atoms with E-state index in [2.05, 4.69) is 4.98 Å². The van der Waals surface area contributed by atoms with E-state index >= 15 is 0 Å². The molecule has 0 unspecified atom stereocenters. The fourth-order valence-electron chi connectivity index (χ4n) is 1.62. The minimum Gasteiger partial charge on any atom is -0.490 e. The lowest BCUT2D eigenvalue weighted by Crippen LogP contribution is -2.05. The highest BCUT2D eigenvalue weighted by Crippen LogP contribution is 2.28. The van der Waals surface area contributed by atoms with Gasteiger partial charge in [-0.1, -0.05) is 6.07 Å². The predicted octanol–water partition coefficient (Wildman–Crippen LogP) is 2.23. The third-order valence-electron chi connectivity index (χ3n) is 2.54. The van der Waals surface area contributed by atoms with Crippen molar-refractivity contribution in [3.8, 4) is 5.75 Å². The van der Waals surface area contributed by atoms with Crippen molar-refractivity contribution in [2.45, 2.75) is 0 Å². The Morgan fingerprint density at radius 1 is 1.32 bits per heavy atom. The fraction of sp³-hybridized carbons (Fsp3) is 0.0769. The summed E-state index contributed by atoms with van der Waals surface area (Å²) < 4.78 is 4.88. The van der Waals surface area contributed by atoms with Crippen LogP contribution in [-0.4, -0.2) is 22.8 Å². The molecular weight excluding hydrogens is 248 g/mol. The lowest BCUT2D eigenvalue weighted by molar-refractivity contribution is -0.385. The zero-order valence-electron chi connectivity index (χ0n) is 10.1. The molecule has 0 saturated carbocycles. The Morgan fingerprint density at radius 3 is 2.68 bits per heavy atom. The number of ketones is 1. The molecule has 1 heterocycles. The van der Waals surface area contributed by atoms with Gasteiger partial charge in [0.2, 0.25) is 5.78 Å². The maximum Gasteiger partial charge on any atom is 0.311 e. The molecule has 0 radical (unpaired) electrons. The van der Waals surface area contributed by atoms with Gasteiger partial charge in [-0.2, -0.15) is 0 Å². The number of benzene rings is 1. The summed E-state index contributed by atoms with van der Waals surface area (Å²) in [6.45, 7) is 0. The molecule has 0 amide bonds. The fourth-order valence-corrected chi connectivity index (χ4v) is 1.62. The molecule has 6 heteroatoms. The van der Waals surface area contributed by atoms with Crippen molar-refractivity contribution in [3.63, 3.8) is 0 Å².